The summed E-state index contributed by atoms with van der Waals surface area (Å²) >= 11 is 0. The van der Waals surface area contributed by atoms with Gasteiger partial charge in [0.05, 0.1) is 0 Å². The van der Waals surface area contributed by atoms with Crippen LogP contribution in [0.2, 0.25) is 0 Å². The molecule has 3 atom stereocenters. The standard InChI is InChI=1S/C27H30N2O5/c1-4-6-15-23(26(31)32)28-25(30)24(17(3)5-2)29-27(33)34-16-22-20-13-9-7-11-18(20)19-12-8-10-14-21(19)22/h7-14,17,22-24H,5,15-16H2,1-3H3,(H,28,30)(H,29,33)(H,31,32). The van der Waals surface area contributed by atoms with Crippen LogP contribution in [0.3, 0.4) is 0 Å². The van der Waals surface area contributed by atoms with E-state index in [0.29, 0.717) is 6.42 Å². The molecule has 1 aliphatic rings. The Bertz CT molecular complexity index is 1070. The molecule has 0 fully saturated rings. The molecule has 3 rings (SSSR count). The van der Waals surface area contributed by atoms with Gasteiger partial charge in [-0.3, -0.25) is 4.79 Å². The second-order valence-electron chi connectivity index (χ2n) is 8.36. The normalized spacial score (nSPS) is 14.4. The third kappa shape index (κ3) is 5.57. The van der Waals surface area contributed by atoms with E-state index >= 15 is 0 Å². The van der Waals surface area contributed by atoms with Crippen LogP contribution in [0.4, 0.5) is 4.79 Å². The van der Waals surface area contributed by atoms with Gasteiger partial charge in [-0.25, -0.2) is 9.59 Å². The second-order valence-corrected chi connectivity index (χ2v) is 8.36. The first-order chi connectivity index (χ1) is 16.4. The highest BCUT2D eigenvalue weighted by molar-refractivity contribution is 5.89. The predicted octanol–water partition coefficient (Wildman–Crippen LogP) is 3.92. The lowest BCUT2D eigenvalue weighted by Crippen LogP contribution is -2.54. The van der Waals surface area contributed by atoms with Crippen LogP contribution in [0.15, 0.2) is 48.5 Å². The van der Waals surface area contributed by atoms with Crippen LogP contribution in [0, 0.1) is 17.8 Å². The van der Waals surface area contributed by atoms with Crippen molar-refractivity contribution in [3.63, 3.8) is 0 Å². The molecule has 178 valence electrons. The van der Waals surface area contributed by atoms with E-state index in [1.165, 1.54) is 0 Å². The van der Waals surface area contributed by atoms with Gasteiger partial charge in [-0.2, -0.15) is 0 Å². The van der Waals surface area contributed by atoms with Gasteiger partial charge in [0, 0.05) is 12.3 Å². The summed E-state index contributed by atoms with van der Waals surface area (Å²) in [5.74, 6) is 3.21. The van der Waals surface area contributed by atoms with Crippen molar-refractivity contribution in [2.75, 3.05) is 6.61 Å². The van der Waals surface area contributed by atoms with Gasteiger partial charge in [0.15, 0.2) is 0 Å². The zero-order valence-electron chi connectivity index (χ0n) is 19.6. The minimum atomic E-state index is -1.18. The van der Waals surface area contributed by atoms with Gasteiger partial charge in [0.1, 0.15) is 18.7 Å². The van der Waals surface area contributed by atoms with Gasteiger partial charge in [0.2, 0.25) is 5.91 Å². The summed E-state index contributed by atoms with van der Waals surface area (Å²) in [7, 11) is 0. The molecule has 0 aliphatic heterocycles. The highest BCUT2D eigenvalue weighted by Gasteiger charge is 2.32. The van der Waals surface area contributed by atoms with Gasteiger partial charge < -0.3 is 20.5 Å². The van der Waals surface area contributed by atoms with Crippen molar-refractivity contribution >= 4 is 18.0 Å². The number of hydrogen-bond acceptors (Lipinski definition) is 4. The molecule has 34 heavy (non-hydrogen) atoms. The summed E-state index contributed by atoms with van der Waals surface area (Å²) in [6.07, 6.45) is -0.133. The molecule has 2 amide bonds. The van der Waals surface area contributed by atoms with E-state index in [1.807, 2.05) is 50.2 Å². The lowest BCUT2D eigenvalue weighted by molar-refractivity contribution is -0.142. The van der Waals surface area contributed by atoms with Crippen molar-refractivity contribution in [1.82, 2.24) is 10.6 Å². The molecule has 0 aromatic heterocycles. The Balaban J connectivity index is 1.68. The summed E-state index contributed by atoms with van der Waals surface area (Å²) in [4.78, 5) is 37.0. The number of amides is 2. The maximum absolute atomic E-state index is 12.9. The Hall–Kier alpha value is -3.79. The number of benzene rings is 2. The van der Waals surface area contributed by atoms with Crippen molar-refractivity contribution in [3.8, 4) is 23.0 Å². The molecule has 3 unspecified atom stereocenters. The van der Waals surface area contributed by atoms with Crippen LogP contribution in [-0.4, -0.2) is 41.8 Å². The monoisotopic (exact) mass is 462 g/mol. The SMILES string of the molecule is CC#CCC(NC(=O)C(NC(=O)OCC1c2ccccc2-c2ccccc21)C(C)CC)C(=O)O. The number of nitrogens with one attached hydrogen (secondary N) is 2. The number of carbonyl (C=O) groups is 3. The lowest BCUT2D eigenvalue weighted by atomic mass is 9.97. The van der Waals surface area contributed by atoms with Crippen molar-refractivity contribution in [1.29, 1.82) is 0 Å². The lowest BCUT2D eigenvalue weighted by Gasteiger charge is -2.25. The molecule has 1 aliphatic carbocycles. The van der Waals surface area contributed by atoms with Crippen molar-refractivity contribution < 1.29 is 24.2 Å². The summed E-state index contributed by atoms with van der Waals surface area (Å²) in [6, 6.07) is 14.0. The highest BCUT2D eigenvalue weighted by atomic mass is 16.5. The zero-order valence-corrected chi connectivity index (χ0v) is 19.6. The number of rotatable bonds is 9. The average molecular weight is 463 g/mol. The Labute approximate surface area is 199 Å². The molecule has 2 aromatic rings. The number of alkyl carbamates (subject to hydrolysis) is 1. The first kappa shape index (κ1) is 24.8. The van der Waals surface area contributed by atoms with Crippen molar-refractivity contribution in [2.24, 2.45) is 5.92 Å². The summed E-state index contributed by atoms with van der Waals surface area (Å²) in [5, 5.41) is 14.5. The fraction of sp³-hybridized carbons (Fsp3) is 0.370. The molecule has 2 aromatic carbocycles. The minimum absolute atomic E-state index is 0.0181. The maximum Gasteiger partial charge on any atom is 0.407 e. The Morgan fingerprint density at radius 2 is 1.62 bits per heavy atom. The number of carboxylic acids is 1. The third-order valence-electron chi connectivity index (χ3n) is 6.21. The molecule has 0 radical (unpaired) electrons. The Morgan fingerprint density at radius 1 is 1.03 bits per heavy atom. The largest absolute Gasteiger partial charge is 0.480 e. The molecule has 0 spiro atoms. The van der Waals surface area contributed by atoms with Crippen LogP contribution in [0.25, 0.3) is 11.1 Å². The molecular formula is C27H30N2O5. The van der Waals surface area contributed by atoms with Gasteiger partial charge in [0.25, 0.3) is 0 Å². The van der Waals surface area contributed by atoms with E-state index in [9.17, 15) is 19.5 Å². The number of aliphatic carboxylic acids is 1. The Morgan fingerprint density at radius 3 is 2.15 bits per heavy atom. The number of fused-ring (bicyclic) bond motifs is 3. The number of hydrogen-bond donors (Lipinski definition) is 3. The molecule has 7 nitrogen and oxygen atoms in total. The van der Waals surface area contributed by atoms with E-state index in [1.54, 1.807) is 6.92 Å². The van der Waals surface area contributed by atoms with Gasteiger partial charge in [-0.15, -0.1) is 11.8 Å². The fourth-order valence-corrected chi connectivity index (χ4v) is 4.13. The summed E-state index contributed by atoms with van der Waals surface area (Å²) < 4.78 is 5.56. The third-order valence-corrected chi connectivity index (χ3v) is 6.21. The molecule has 3 N–H and O–H groups in total. The number of carboxylic acid groups (broad SMARTS) is 1. The molecule has 0 saturated carbocycles. The predicted molar refractivity (Wildman–Crippen MR) is 129 cm³/mol. The van der Waals surface area contributed by atoms with Crippen LogP contribution < -0.4 is 10.6 Å². The smallest absolute Gasteiger partial charge is 0.407 e. The zero-order chi connectivity index (χ0) is 24.7. The quantitative estimate of drug-likeness (QED) is 0.490. The second kappa shape index (κ2) is 11.4. The average Bonchev–Trinajstić information content (AvgIpc) is 3.16. The van der Waals surface area contributed by atoms with Crippen LogP contribution in [-0.2, 0) is 14.3 Å². The van der Waals surface area contributed by atoms with Crippen LogP contribution >= 0.6 is 0 Å². The Kier molecular flexibility index (Phi) is 8.31. The maximum atomic E-state index is 12.9. The van der Waals surface area contributed by atoms with E-state index in [-0.39, 0.29) is 24.9 Å². The van der Waals surface area contributed by atoms with E-state index < -0.39 is 30.1 Å². The van der Waals surface area contributed by atoms with Gasteiger partial charge in [-0.05, 0) is 35.1 Å². The fourth-order valence-electron chi connectivity index (χ4n) is 4.13. The number of ether oxygens (including phenoxy) is 1. The summed E-state index contributed by atoms with van der Waals surface area (Å²) in [6.45, 7) is 5.43. The van der Waals surface area contributed by atoms with Crippen molar-refractivity contribution in [3.05, 3.63) is 59.7 Å². The first-order valence-corrected chi connectivity index (χ1v) is 11.4. The van der Waals surface area contributed by atoms with Crippen molar-refractivity contribution in [2.45, 2.75) is 51.6 Å². The minimum Gasteiger partial charge on any atom is -0.480 e. The van der Waals surface area contributed by atoms with Gasteiger partial charge >= 0.3 is 12.1 Å². The summed E-state index contributed by atoms with van der Waals surface area (Å²) in [5.41, 5.74) is 4.43. The highest BCUT2D eigenvalue weighted by Crippen LogP contribution is 2.44. The molecule has 7 heteroatoms. The van der Waals surface area contributed by atoms with Crippen LogP contribution in [0.1, 0.15) is 50.7 Å². The molecule has 0 bridgehead atoms. The van der Waals surface area contributed by atoms with E-state index in [4.69, 9.17) is 4.74 Å². The van der Waals surface area contributed by atoms with Gasteiger partial charge in [-0.1, -0.05) is 68.8 Å². The topological polar surface area (TPSA) is 105 Å². The van der Waals surface area contributed by atoms with Crippen LogP contribution in [0.5, 0.6) is 0 Å². The number of carbonyl (C=O) groups excluding carboxylic acids is 2. The molecule has 0 saturated heterocycles. The molecular weight excluding hydrogens is 432 g/mol. The van der Waals surface area contributed by atoms with E-state index in [0.717, 1.165) is 22.3 Å². The molecule has 0 heterocycles. The van der Waals surface area contributed by atoms with E-state index in [2.05, 4.69) is 34.6 Å². The first-order valence-electron chi connectivity index (χ1n) is 11.4.